The maximum atomic E-state index is 13.5. The summed E-state index contributed by atoms with van der Waals surface area (Å²) in [6, 6.07) is 8.10. The Labute approximate surface area is 221 Å². The lowest BCUT2D eigenvalue weighted by Crippen LogP contribution is -2.52. The van der Waals surface area contributed by atoms with Gasteiger partial charge in [0.1, 0.15) is 18.3 Å². The Morgan fingerprint density at radius 2 is 1.69 bits per heavy atom. The van der Waals surface area contributed by atoms with Crippen LogP contribution in [0.4, 0.5) is 5.69 Å². The lowest BCUT2D eigenvalue weighted by molar-refractivity contribution is -0.139. The number of nitrogens with one attached hydrogen (secondary N) is 1. The summed E-state index contributed by atoms with van der Waals surface area (Å²) < 4.78 is 31.3. The number of hydrogen-bond donors (Lipinski definition) is 1. The van der Waals surface area contributed by atoms with Crippen LogP contribution in [0.2, 0.25) is 15.1 Å². The zero-order chi connectivity index (χ0) is 26.5. The normalized spacial score (nSPS) is 12.3. The van der Waals surface area contributed by atoms with Gasteiger partial charge in [0.15, 0.2) is 0 Å². The van der Waals surface area contributed by atoms with Crippen molar-refractivity contribution < 1.29 is 22.7 Å². The monoisotopic (exact) mass is 563 g/mol. The summed E-state index contributed by atoms with van der Waals surface area (Å²) in [5, 5.41) is 3.69. The highest BCUT2D eigenvalue weighted by atomic mass is 35.5. The summed E-state index contributed by atoms with van der Waals surface area (Å²) in [6.07, 6.45) is 0.980. The van der Waals surface area contributed by atoms with Gasteiger partial charge in [-0.25, -0.2) is 8.42 Å². The number of rotatable bonds is 10. The Hall–Kier alpha value is -2.20. The predicted octanol–water partition coefficient (Wildman–Crippen LogP) is 4.36. The number of halogens is 3. The summed E-state index contributed by atoms with van der Waals surface area (Å²) in [4.78, 5) is 27.6. The van der Waals surface area contributed by atoms with E-state index in [4.69, 9.17) is 39.5 Å². The Morgan fingerprint density at radius 3 is 2.20 bits per heavy atom. The number of nitrogens with zero attached hydrogens (tertiary/aromatic N) is 2. The van der Waals surface area contributed by atoms with Gasteiger partial charge in [-0.3, -0.25) is 13.9 Å². The van der Waals surface area contributed by atoms with E-state index < -0.39 is 34.4 Å². The highest BCUT2D eigenvalue weighted by Crippen LogP contribution is 2.30. The van der Waals surface area contributed by atoms with Gasteiger partial charge in [-0.2, -0.15) is 0 Å². The first-order chi connectivity index (χ1) is 16.2. The van der Waals surface area contributed by atoms with Crippen molar-refractivity contribution in [1.82, 2.24) is 10.2 Å². The Balaban J connectivity index is 2.45. The number of methoxy groups -OCH3 is 1. The molecular formula is C23H28Cl3N3O5S. The average molecular weight is 565 g/mol. The fraction of sp³-hybridized carbons (Fsp3) is 0.391. The quantitative estimate of drug-likeness (QED) is 0.463. The second-order valence-corrected chi connectivity index (χ2v) is 11.3. The minimum atomic E-state index is -3.89. The van der Waals surface area contributed by atoms with E-state index in [1.165, 1.54) is 36.3 Å². The van der Waals surface area contributed by atoms with Gasteiger partial charge in [0, 0.05) is 22.6 Å². The van der Waals surface area contributed by atoms with E-state index in [1.54, 1.807) is 32.9 Å². The molecule has 0 heterocycles. The van der Waals surface area contributed by atoms with Gasteiger partial charge in [-0.05, 0) is 56.7 Å². The molecule has 35 heavy (non-hydrogen) atoms. The van der Waals surface area contributed by atoms with E-state index in [0.29, 0.717) is 21.4 Å². The molecule has 2 amide bonds. The number of amides is 2. The molecular weight excluding hydrogens is 537 g/mol. The van der Waals surface area contributed by atoms with Gasteiger partial charge in [0.05, 0.1) is 24.1 Å². The Bertz CT molecular complexity index is 1190. The molecule has 0 aliphatic carbocycles. The molecule has 8 nitrogen and oxygen atoms in total. The lowest BCUT2D eigenvalue weighted by atomic mass is 10.1. The molecule has 0 aromatic heterocycles. The van der Waals surface area contributed by atoms with Crippen molar-refractivity contribution >= 4 is 62.3 Å². The highest BCUT2D eigenvalue weighted by Gasteiger charge is 2.31. The molecule has 12 heteroatoms. The zero-order valence-corrected chi connectivity index (χ0v) is 23.1. The molecule has 1 atom stereocenters. The summed E-state index contributed by atoms with van der Waals surface area (Å²) in [5.74, 6) is -0.648. The third-order valence-electron chi connectivity index (χ3n) is 5.06. The van der Waals surface area contributed by atoms with Gasteiger partial charge in [-0.15, -0.1) is 0 Å². The zero-order valence-electron chi connectivity index (χ0n) is 20.0. The number of hydrogen-bond acceptors (Lipinski definition) is 5. The first kappa shape index (κ1) is 29.0. The van der Waals surface area contributed by atoms with E-state index in [-0.39, 0.29) is 23.3 Å². The number of carbonyl (C=O) groups is 2. The second-order valence-electron chi connectivity index (χ2n) is 8.19. The smallest absolute Gasteiger partial charge is 0.244 e. The third kappa shape index (κ3) is 7.90. The van der Waals surface area contributed by atoms with Gasteiger partial charge in [0.25, 0.3) is 0 Å². The molecule has 0 saturated carbocycles. The molecule has 0 saturated heterocycles. The molecule has 0 aliphatic heterocycles. The molecule has 2 aromatic rings. The molecule has 1 unspecified atom stereocenters. The van der Waals surface area contributed by atoms with Crippen molar-refractivity contribution in [1.29, 1.82) is 0 Å². The van der Waals surface area contributed by atoms with Gasteiger partial charge < -0.3 is 15.0 Å². The van der Waals surface area contributed by atoms with Gasteiger partial charge in [-0.1, -0.05) is 40.9 Å². The fourth-order valence-electron chi connectivity index (χ4n) is 3.25. The number of carbonyl (C=O) groups excluding carboxylic acids is 2. The van der Waals surface area contributed by atoms with E-state index in [9.17, 15) is 18.0 Å². The second kappa shape index (κ2) is 12.2. The molecule has 2 rings (SSSR count). The van der Waals surface area contributed by atoms with Crippen LogP contribution in [0.15, 0.2) is 36.4 Å². The van der Waals surface area contributed by atoms with E-state index >= 15 is 0 Å². The van der Waals surface area contributed by atoms with Gasteiger partial charge in [0.2, 0.25) is 21.8 Å². The topological polar surface area (TPSA) is 96.0 Å². The van der Waals surface area contributed by atoms with Gasteiger partial charge >= 0.3 is 0 Å². The van der Waals surface area contributed by atoms with E-state index in [2.05, 4.69) is 5.32 Å². The van der Waals surface area contributed by atoms with Crippen LogP contribution in [0.5, 0.6) is 5.75 Å². The van der Waals surface area contributed by atoms with Crippen molar-refractivity contribution in [2.24, 2.45) is 0 Å². The molecule has 1 N–H and O–H groups in total. The standard InChI is InChI=1S/C23H28Cl3N3O5S/c1-14(2)27-23(31)15(3)28(12-16-6-7-17(24)10-19(16)25)22(30)13-29(35(5,32)33)18-8-9-21(34-4)20(26)11-18/h6-11,14-15H,12-13H2,1-5H3,(H,27,31). The molecule has 0 spiro atoms. The molecule has 0 fully saturated rings. The summed E-state index contributed by atoms with van der Waals surface area (Å²) in [7, 11) is -2.46. The minimum absolute atomic E-state index is 0.0392. The molecule has 0 aliphatic rings. The summed E-state index contributed by atoms with van der Waals surface area (Å²) in [5.41, 5.74) is 0.724. The predicted molar refractivity (Wildman–Crippen MR) is 140 cm³/mol. The number of benzene rings is 2. The van der Waals surface area contributed by atoms with Crippen LogP contribution in [0, 0.1) is 0 Å². The van der Waals surface area contributed by atoms with Crippen molar-refractivity contribution in [3.05, 3.63) is 57.0 Å². The van der Waals surface area contributed by atoms with Crippen LogP contribution in [-0.4, -0.2) is 57.1 Å². The van der Waals surface area contributed by atoms with Crippen LogP contribution in [0.3, 0.4) is 0 Å². The molecule has 192 valence electrons. The largest absolute Gasteiger partial charge is 0.495 e. The first-order valence-electron chi connectivity index (χ1n) is 10.6. The third-order valence-corrected chi connectivity index (χ3v) is 7.08. The SMILES string of the molecule is COc1ccc(N(CC(=O)N(Cc2ccc(Cl)cc2Cl)C(C)C(=O)NC(C)C)S(C)(=O)=O)cc1Cl. The molecule has 2 aromatic carbocycles. The fourth-order valence-corrected chi connectivity index (χ4v) is 4.81. The van der Waals surface area contributed by atoms with Crippen LogP contribution >= 0.6 is 34.8 Å². The van der Waals surface area contributed by atoms with E-state index in [0.717, 1.165) is 10.6 Å². The van der Waals surface area contributed by atoms with Crippen molar-refractivity contribution in [3.8, 4) is 5.75 Å². The van der Waals surface area contributed by atoms with E-state index in [1.807, 2.05) is 0 Å². The molecule has 0 radical (unpaired) electrons. The van der Waals surface area contributed by atoms with Crippen molar-refractivity contribution in [3.63, 3.8) is 0 Å². The van der Waals surface area contributed by atoms with Crippen molar-refractivity contribution in [2.75, 3.05) is 24.2 Å². The van der Waals surface area contributed by atoms with Crippen LogP contribution in [0.25, 0.3) is 0 Å². The minimum Gasteiger partial charge on any atom is -0.495 e. The highest BCUT2D eigenvalue weighted by molar-refractivity contribution is 7.92. The van der Waals surface area contributed by atoms with Crippen LogP contribution in [0.1, 0.15) is 26.3 Å². The maximum Gasteiger partial charge on any atom is 0.244 e. The van der Waals surface area contributed by atoms with Crippen LogP contribution in [-0.2, 0) is 26.2 Å². The van der Waals surface area contributed by atoms with Crippen molar-refractivity contribution in [2.45, 2.75) is 39.4 Å². The number of sulfonamides is 1. The Kier molecular flexibility index (Phi) is 10.1. The summed E-state index contributed by atoms with van der Waals surface area (Å²) in [6.45, 7) is 4.56. The molecule has 0 bridgehead atoms. The van der Waals surface area contributed by atoms with Crippen LogP contribution < -0.4 is 14.4 Å². The number of anilines is 1. The maximum absolute atomic E-state index is 13.5. The first-order valence-corrected chi connectivity index (χ1v) is 13.6. The lowest BCUT2D eigenvalue weighted by Gasteiger charge is -2.32. The Morgan fingerprint density at radius 1 is 1.03 bits per heavy atom. The summed E-state index contributed by atoms with van der Waals surface area (Å²) >= 11 is 18.5. The average Bonchev–Trinajstić information content (AvgIpc) is 2.75. The number of ether oxygens (including phenoxy) is 1.